The van der Waals surface area contributed by atoms with E-state index in [1.807, 2.05) is 88.9 Å². The number of hydrogen-bond acceptors (Lipinski definition) is 7. The Bertz CT molecular complexity index is 1590. The molecule has 39 heavy (non-hydrogen) atoms. The second kappa shape index (κ2) is 10.6. The summed E-state index contributed by atoms with van der Waals surface area (Å²) in [6.45, 7) is 2.05. The van der Waals surface area contributed by atoms with E-state index in [-0.39, 0.29) is 11.7 Å². The zero-order chi connectivity index (χ0) is 27.0. The van der Waals surface area contributed by atoms with Gasteiger partial charge in [0.25, 0.3) is 0 Å². The van der Waals surface area contributed by atoms with Crippen LogP contribution in [0.3, 0.4) is 0 Å². The van der Waals surface area contributed by atoms with Crippen molar-refractivity contribution in [3.8, 4) is 0 Å². The first-order valence-electron chi connectivity index (χ1n) is 12.3. The number of nitrogens with zero attached hydrogens (tertiary/aromatic N) is 4. The summed E-state index contributed by atoms with van der Waals surface area (Å²) in [5.41, 5.74) is 5.39. The van der Waals surface area contributed by atoms with Crippen LogP contribution in [0.2, 0.25) is 0 Å². The molecule has 1 spiro atoms. The van der Waals surface area contributed by atoms with E-state index in [9.17, 15) is 4.79 Å². The van der Waals surface area contributed by atoms with Crippen LogP contribution in [0, 0.1) is 0 Å². The predicted octanol–water partition coefficient (Wildman–Crippen LogP) is 7.72. The van der Waals surface area contributed by atoms with Crippen molar-refractivity contribution < 1.29 is 9.53 Å². The molecule has 0 amide bonds. The Morgan fingerprint density at radius 3 is 2.08 bits per heavy atom. The second-order valence-corrected chi connectivity index (χ2v) is 11.8. The van der Waals surface area contributed by atoms with Crippen LogP contribution in [-0.4, -0.2) is 23.3 Å². The third-order valence-electron chi connectivity index (χ3n) is 6.38. The fraction of sp³-hybridized carbons (Fsp3) is 0.100. The van der Waals surface area contributed by atoms with Crippen LogP contribution in [0.25, 0.3) is 0 Å². The van der Waals surface area contributed by atoms with Gasteiger partial charge in [-0.15, -0.1) is 0 Å². The summed E-state index contributed by atoms with van der Waals surface area (Å²) >= 11 is 8.42. The monoisotopic (exact) mass is 660 g/mol. The van der Waals surface area contributed by atoms with Crippen molar-refractivity contribution in [2.75, 3.05) is 16.6 Å². The SMILES string of the molecule is CCOC(=O)C1=NN(c2ccc(Br)cc2)[C@]2(S1)c1ccccc1C(c1ccc(Br)cc1)=NN2c1ccccc1. The molecule has 194 valence electrons. The molecular formula is C30H22Br2N4O2S. The molecule has 2 heterocycles. The second-order valence-electron chi connectivity index (χ2n) is 8.77. The molecule has 0 aliphatic carbocycles. The minimum atomic E-state index is -1.03. The van der Waals surface area contributed by atoms with Crippen LogP contribution in [0.5, 0.6) is 0 Å². The molecular weight excluding hydrogens is 640 g/mol. The highest BCUT2D eigenvalue weighted by atomic mass is 79.9. The molecule has 2 aliphatic rings. The summed E-state index contributed by atoms with van der Waals surface area (Å²) in [5, 5.41) is 14.3. The number of hydrogen-bond donors (Lipinski definition) is 0. The predicted molar refractivity (Wildman–Crippen MR) is 165 cm³/mol. The molecule has 9 heteroatoms. The average molecular weight is 662 g/mol. The normalized spacial score (nSPS) is 18.0. The lowest BCUT2D eigenvalue weighted by Crippen LogP contribution is -2.54. The molecule has 1 atom stereocenters. The van der Waals surface area contributed by atoms with Gasteiger partial charge in [-0.05, 0) is 67.2 Å². The van der Waals surface area contributed by atoms with Gasteiger partial charge in [0, 0.05) is 25.6 Å². The number of hydrazone groups is 2. The van der Waals surface area contributed by atoms with E-state index in [1.54, 1.807) is 6.92 Å². The summed E-state index contributed by atoms with van der Waals surface area (Å²) in [4.78, 5) is 12.1. The van der Waals surface area contributed by atoms with Gasteiger partial charge < -0.3 is 4.74 Å². The van der Waals surface area contributed by atoms with Gasteiger partial charge in [0.15, 0.2) is 0 Å². The minimum Gasteiger partial charge on any atom is -0.461 e. The molecule has 0 unspecified atom stereocenters. The first-order valence-corrected chi connectivity index (χ1v) is 14.7. The Balaban J connectivity index is 1.64. The summed E-state index contributed by atoms with van der Waals surface area (Å²) in [5.74, 6) is -0.463. The molecule has 6 rings (SSSR count). The van der Waals surface area contributed by atoms with Crippen LogP contribution in [-0.2, 0) is 14.5 Å². The van der Waals surface area contributed by atoms with Crippen molar-refractivity contribution in [3.05, 3.63) is 129 Å². The molecule has 0 N–H and O–H groups in total. The van der Waals surface area contributed by atoms with E-state index in [2.05, 4.69) is 56.1 Å². The van der Waals surface area contributed by atoms with Crippen LogP contribution >= 0.6 is 43.6 Å². The highest BCUT2D eigenvalue weighted by Gasteiger charge is 2.56. The lowest BCUT2D eigenvalue weighted by atomic mass is 9.93. The highest BCUT2D eigenvalue weighted by molar-refractivity contribution is 9.10. The van der Waals surface area contributed by atoms with Crippen LogP contribution in [0.1, 0.15) is 23.6 Å². The Hall–Kier alpha value is -3.40. The van der Waals surface area contributed by atoms with E-state index in [1.165, 1.54) is 11.8 Å². The minimum absolute atomic E-state index is 0.258. The number of rotatable bonds is 5. The van der Waals surface area contributed by atoms with Gasteiger partial charge in [0.2, 0.25) is 10.0 Å². The van der Waals surface area contributed by atoms with Crippen molar-refractivity contribution >= 4 is 71.7 Å². The molecule has 2 aliphatic heterocycles. The lowest BCUT2D eigenvalue weighted by Gasteiger charge is -2.47. The number of anilines is 2. The number of thioether (sulfide) groups is 1. The van der Waals surface area contributed by atoms with Gasteiger partial charge in [0.1, 0.15) is 0 Å². The molecule has 4 aromatic carbocycles. The maximum absolute atomic E-state index is 13.1. The Labute approximate surface area is 247 Å². The fourth-order valence-electron chi connectivity index (χ4n) is 4.68. The Morgan fingerprint density at radius 2 is 1.38 bits per heavy atom. The van der Waals surface area contributed by atoms with E-state index in [0.717, 1.165) is 42.7 Å². The molecule has 0 fully saturated rings. The van der Waals surface area contributed by atoms with E-state index in [0.29, 0.717) is 0 Å². The van der Waals surface area contributed by atoms with Crippen molar-refractivity contribution in [1.82, 2.24) is 0 Å². The van der Waals surface area contributed by atoms with Crippen molar-refractivity contribution in [2.24, 2.45) is 10.2 Å². The standard InChI is InChI=1S/C30H22Br2N4O2S/c1-2-38-29(37)28-34-36(24-18-16-22(32)17-19-24)30(39-28)26-11-7-6-10-25(26)27(20-12-14-21(31)15-13-20)33-35(30)23-8-4-3-5-9-23/h3-19H,2H2,1H3/t30-/m0/s1. The topological polar surface area (TPSA) is 57.5 Å². The number of carbonyl (C=O) groups is 1. The van der Waals surface area contributed by atoms with Crippen molar-refractivity contribution in [2.45, 2.75) is 11.9 Å². The van der Waals surface area contributed by atoms with Gasteiger partial charge in [0.05, 0.1) is 23.7 Å². The smallest absolute Gasteiger partial charge is 0.365 e. The average Bonchev–Trinajstić information content (AvgIpc) is 3.36. The fourth-order valence-corrected chi connectivity index (χ4v) is 6.50. The number of fused-ring (bicyclic) bond motifs is 2. The van der Waals surface area contributed by atoms with Crippen molar-refractivity contribution in [3.63, 3.8) is 0 Å². The third kappa shape index (κ3) is 4.58. The van der Waals surface area contributed by atoms with Gasteiger partial charge in [-0.3, -0.25) is 0 Å². The molecule has 0 saturated heterocycles. The summed E-state index contributed by atoms with van der Waals surface area (Å²) in [7, 11) is 0. The quantitative estimate of drug-likeness (QED) is 0.205. The molecule has 0 saturated carbocycles. The summed E-state index contributed by atoms with van der Waals surface area (Å²) in [6, 6.07) is 34.1. The zero-order valence-corrected chi connectivity index (χ0v) is 24.8. The number of benzene rings is 4. The van der Waals surface area contributed by atoms with Gasteiger partial charge in [-0.25, -0.2) is 14.8 Å². The molecule has 0 bridgehead atoms. The number of halogens is 2. The van der Waals surface area contributed by atoms with E-state index < -0.39 is 11.0 Å². The van der Waals surface area contributed by atoms with Crippen LogP contribution < -0.4 is 10.0 Å². The summed E-state index contributed by atoms with van der Waals surface area (Å²) < 4.78 is 7.35. The Morgan fingerprint density at radius 1 is 0.795 bits per heavy atom. The number of para-hydroxylation sites is 1. The maximum atomic E-state index is 13.1. The van der Waals surface area contributed by atoms with Gasteiger partial charge >= 0.3 is 5.97 Å². The first-order chi connectivity index (χ1) is 19.0. The molecule has 4 aromatic rings. The lowest BCUT2D eigenvalue weighted by molar-refractivity contribution is -0.134. The largest absolute Gasteiger partial charge is 0.461 e. The zero-order valence-electron chi connectivity index (χ0n) is 20.8. The maximum Gasteiger partial charge on any atom is 0.365 e. The Kier molecular flexibility index (Phi) is 7.05. The molecule has 0 radical (unpaired) electrons. The number of esters is 1. The van der Waals surface area contributed by atoms with Crippen molar-refractivity contribution in [1.29, 1.82) is 0 Å². The van der Waals surface area contributed by atoms with Crippen LogP contribution in [0.4, 0.5) is 11.4 Å². The van der Waals surface area contributed by atoms with Gasteiger partial charge in [-0.2, -0.15) is 10.2 Å². The first kappa shape index (κ1) is 25.9. The summed E-state index contributed by atoms with van der Waals surface area (Å²) in [6.07, 6.45) is 0. The molecule has 6 nitrogen and oxygen atoms in total. The highest BCUT2D eigenvalue weighted by Crippen LogP contribution is 2.55. The van der Waals surface area contributed by atoms with E-state index >= 15 is 0 Å². The number of carbonyl (C=O) groups excluding carboxylic acids is 1. The third-order valence-corrected chi connectivity index (χ3v) is 8.73. The molecule has 0 aromatic heterocycles. The van der Waals surface area contributed by atoms with E-state index in [4.69, 9.17) is 14.9 Å². The van der Waals surface area contributed by atoms with Crippen LogP contribution in [0.15, 0.2) is 122 Å². The number of ether oxygens (including phenoxy) is 1. The van der Waals surface area contributed by atoms with Gasteiger partial charge in [-0.1, -0.05) is 86.5 Å².